The SMILES string of the molecule is COc1cc(N2C(=O)c3ccccc3C2=O)c(Cl)cc1C(=O)OCC(=O)NC1CC1. The first-order valence-electron chi connectivity index (χ1n) is 9.22. The first-order valence-corrected chi connectivity index (χ1v) is 9.60. The van der Waals surface area contributed by atoms with Crippen molar-refractivity contribution in [2.75, 3.05) is 18.6 Å². The standard InChI is InChI=1S/C21H17ClN2O6/c1-29-17-9-16(24-19(26)12-4-2-3-5-13(12)20(24)27)15(22)8-14(17)21(28)30-10-18(25)23-11-6-7-11/h2-5,8-9,11H,6-7,10H2,1H3,(H,23,25). The van der Waals surface area contributed by atoms with E-state index in [1.54, 1.807) is 24.3 Å². The van der Waals surface area contributed by atoms with Gasteiger partial charge in [-0.2, -0.15) is 0 Å². The molecule has 0 radical (unpaired) electrons. The summed E-state index contributed by atoms with van der Waals surface area (Å²) >= 11 is 6.31. The predicted molar refractivity (Wildman–Crippen MR) is 107 cm³/mol. The maximum Gasteiger partial charge on any atom is 0.342 e. The summed E-state index contributed by atoms with van der Waals surface area (Å²) in [6, 6.07) is 9.16. The number of carbonyl (C=O) groups is 4. The molecule has 0 atom stereocenters. The third kappa shape index (κ3) is 3.61. The smallest absolute Gasteiger partial charge is 0.342 e. The molecule has 1 aliphatic heterocycles. The van der Waals surface area contributed by atoms with Crippen LogP contribution in [0.4, 0.5) is 5.69 Å². The van der Waals surface area contributed by atoms with Crippen molar-refractivity contribution in [3.05, 3.63) is 58.1 Å². The van der Waals surface area contributed by atoms with E-state index in [1.807, 2.05) is 0 Å². The van der Waals surface area contributed by atoms with Crippen molar-refractivity contribution >= 4 is 41.0 Å². The van der Waals surface area contributed by atoms with Crippen molar-refractivity contribution < 1.29 is 28.7 Å². The van der Waals surface area contributed by atoms with Gasteiger partial charge in [-0.05, 0) is 31.0 Å². The molecule has 8 nitrogen and oxygen atoms in total. The first kappa shape index (κ1) is 19.9. The highest BCUT2D eigenvalue weighted by Crippen LogP contribution is 2.38. The van der Waals surface area contributed by atoms with E-state index in [2.05, 4.69) is 5.32 Å². The van der Waals surface area contributed by atoms with Crippen molar-refractivity contribution in [1.82, 2.24) is 5.32 Å². The number of esters is 1. The lowest BCUT2D eigenvalue weighted by Gasteiger charge is -2.18. The van der Waals surface area contributed by atoms with E-state index >= 15 is 0 Å². The van der Waals surface area contributed by atoms with Gasteiger partial charge in [-0.15, -0.1) is 0 Å². The van der Waals surface area contributed by atoms with Crippen LogP contribution in [0, 0.1) is 0 Å². The van der Waals surface area contributed by atoms with Gasteiger partial charge in [-0.3, -0.25) is 14.4 Å². The molecule has 3 amide bonds. The van der Waals surface area contributed by atoms with Gasteiger partial charge in [0.05, 0.1) is 28.9 Å². The number of halogens is 1. The second kappa shape index (κ2) is 7.79. The van der Waals surface area contributed by atoms with E-state index in [9.17, 15) is 19.2 Å². The quantitative estimate of drug-likeness (QED) is 0.560. The summed E-state index contributed by atoms with van der Waals surface area (Å²) in [7, 11) is 1.33. The molecule has 0 bridgehead atoms. The summed E-state index contributed by atoms with van der Waals surface area (Å²) in [5.41, 5.74) is 0.593. The Hall–Kier alpha value is -3.39. The van der Waals surface area contributed by atoms with Crippen LogP contribution >= 0.6 is 11.6 Å². The molecule has 30 heavy (non-hydrogen) atoms. The average Bonchev–Trinajstić information content (AvgIpc) is 3.52. The van der Waals surface area contributed by atoms with Crippen LogP contribution in [-0.4, -0.2) is 43.4 Å². The lowest BCUT2D eigenvalue weighted by molar-refractivity contribution is -0.124. The maximum atomic E-state index is 12.7. The highest BCUT2D eigenvalue weighted by atomic mass is 35.5. The molecule has 1 saturated carbocycles. The number of methoxy groups -OCH3 is 1. The van der Waals surface area contributed by atoms with E-state index in [0.717, 1.165) is 17.7 Å². The molecule has 9 heteroatoms. The zero-order valence-electron chi connectivity index (χ0n) is 15.9. The van der Waals surface area contributed by atoms with E-state index in [1.165, 1.54) is 19.2 Å². The molecule has 4 rings (SSSR count). The monoisotopic (exact) mass is 428 g/mol. The third-order valence-electron chi connectivity index (χ3n) is 4.80. The second-order valence-electron chi connectivity index (χ2n) is 6.91. The highest BCUT2D eigenvalue weighted by Gasteiger charge is 2.38. The summed E-state index contributed by atoms with van der Waals surface area (Å²) in [5.74, 6) is -2.19. The maximum absolute atomic E-state index is 12.7. The number of benzene rings is 2. The fourth-order valence-corrected chi connectivity index (χ4v) is 3.40. The Bertz CT molecular complexity index is 1040. The third-order valence-corrected chi connectivity index (χ3v) is 5.10. The van der Waals surface area contributed by atoms with E-state index in [0.29, 0.717) is 0 Å². The van der Waals surface area contributed by atoms with Gasteiger partial charge in [0.2, 0.25) is 0 Å². The molecular weight excluding hydrogens is 412 g/mol. The molecule has 0 aromatic heterocycles. The molecule has 1 aliphatic carbocycles. The lowest BCUT2D eigenvalue weighted by atomic mass is 10.1. The van der Waals surface area contributed by atoms with Crippen LogP contribution < -0.4 is 15.0 Å². The normalized spacial score (nSPS) is 15.1. The molecule has 0 spiro atoms. The van der Waals surface area contributed by atoms with Crippen LogP contribution in [0.2, 0.25) is 5.02 Å². The molecule has 0 unspecified atom stereocenters. The van der Waals surface area contributed by atoms with Crippen molar-refractivity contribution in [3.8, 4) is 5.75 Å². The molecular formula is C21H17ClN2O6. The molecule has 1 heterocycles. The first-order chi connectivity index (χ1) is 14.4. The van der Waals surface area contributed by atoms with Gasteiger partial charge in [0.1, 0.15) is 11.3 Å². The highest BCUT2D eigenvalue weighted by molar-refractivity contribution is 6.40. The zero-order chi connectivity index (χ0) is 21.4. The molecule has 2 aromatic carbocycles. The Labute approximate surface area is 176 Å². The minimum absolute atomic E-state index is 0.0142. The van der Waals surface area contributed by atoms with Gasteiger partial charge in [0.15, 0.2) is 6.61 Å². The van der Waals surface area contributed by atoms with Crippen LogP contribution in [0.15, 0.2) is 36.4 Å². The van der Waals surface area contributed by atoms with E-state index in [4.69, 9.17) is 21.1 Å². The van der Waals surface area contributed by atoms with Crippen molar-refractivity contribution in [2.24, 2.45) is 0 Å². The average molecular weight is 429 g/mol. The molecule has 1 N–H and O–H groups in total. The predicted octanol–water partition coefficient (Wildman–Crippen LogP) is 2.58. The van der Waals surface area contributed by atoms with Gasteiger partial charge in [-0.25, -0.2) is 9.69 Å². The van der Waals surface area contributed by atoms with E-state index in [-0.39, 0.29) is 39.2 Å². The van der Waals surface area contributed by atoms with Crippen LogP contribution in [0.1, 0.15) is 43.9 Å². The number of nitrogens with zero attached hydrogens (tertiary/aromatic N) is 1. The second-order valence-corrected chi connectivity index (χ2v) is 7.32. The fourth-order valence-electron chi connectivity index (χ4n) is 3.16. The Balaban J connectivity index is 1.58. The van der Waals surface area contributed by atoms with Crippen molar-refractivity contribution in [1.29, 1.82) is 0 Å². The number of amides is 3. The van der Waals surface area contributed by atoms with Crippen LogP contribution in [0.25, 0.3) is 0 Å². The molecule has 2 aliphatic rings. The Morgan fingerprint density at radius 2 is 1.77 bits per heavy atom. The number of nitrogens with one attached hydrogen (secondary N) is 1. The molecule has 1 fully saturated rings. The minimum atomic E-state index is -0.811. The zero-order valence-corrected chi connectivity index (χ0v) is 16.7. The van der Waals surface area contributed by atoms with Gasteiger partial charge in [0, 0.05) is 12.1 Å². The van der Waals surface area contributed by atoms with Gasteiger partial charge in [0.25, 0.3) is 17.7 Å². The number of hydrogen-bond acceptors (Lipinski definition) is 6. The molecule has 0 saturated heterocycles. The lowest BCUT2D eigenvalue weighted by Crippen LogP contribution is -2.31. The van der Waals surface area contributed by atoms with Gasteiger partial charge < -0.3 is 14.8 Å². The summed E-state index contributed by atoms with van der Waals surface area (Å²) < 4.78 is 10.3. The number of carbonyl (C=O) groups excluding carboxylic acids is 4. The Morgan fingerprint density at radius 3 is 2.33 bits per heavy atom. The fraction of sp³-hybridized carbons (Fsp3) is 0.238. The van der Waals surface area contributed by atoms with Gasteiger partial charge >= 0.3 is 5.97 Å². The number of anilines is 1. The largest absolute Gasteiger partial charge is 0.496 e. The van der Waals surface area contributed by atoms with Crippen LogP contribution in [0.3, 0.4) is 0 Å². The number of rotatable bonds is 6. The van der Waals surface area contributed by atoms with Gasteiger partial charge in [-0.1, -0.05) is 23.7 Å². The van der Waals surface area contributed by atoms with Crippen LogP contribution in [0.5, 0.6) is 5.75 Å². The number of ether oxygens (including phenoxy) is 2. The number of fused-ring (bicyclic) bond motifs is 1. The van der Waals surface area contributed by atoms with Crippen molar-refractivity contribution in [2.45, 2.75) is 18.9 Å². The summed E-state index contributed by atoms with van der Waals surface area (Å²) in [4.78, 5) is 50.5. The molecule has 2 aromatic rings. The topological polar surface area (TPSA) is 102 Å². The van der Waals surface area contributed by atoms with E-state index < -0.39 is 30.3 Å². The summed E-state index contributed by atoms with van der Waals surface area (Å²) in [5, 5.41) is 2.70. The summed E-state index contributed by atoms with van der Waals surface area (Å²) in [6.45, 7) is -0.434. The number of hydrogen-bond donors (Lipinski definition) is 1. The number of imide groups is 1. The Kier molecular flexibility index (Phi) is 5.17. The van der Waals surface area contributed by atoms with Crippen LogP contribution in [-0.2, 0) is 9.53 Å². The molecule has 154 valence electrons. The van der Waals surface area contributed by atoms with Crippen molar-refractivity contribution in [3.63, 3.8) is 0 Å². The summed E-state index contributed by atoms with van der Waals surface area (Å²) in [6.07, 6.45) is 1.84. The Morgan fingerprint density at radius 1 is 1.13 bits per heavy atom. The minimum Gasteiger partial charge on any atom is -0.496 e.